The van der Waals surface area contributed by atoms with Crippen molar-refractivity contribution in [1.29, 1.82) is 0 Å². The van der Waals surface area contributed by atoms with E-state index < -0.39 is 0 Å². The summed E-state index contributed by atoms with van der Waals surface area (Å²) in [7, 11) is 0. The van der Waals surface area contributed by atoms with Gasteiger partial charge in [-0.3, -0.25) is 4.79 Å². The van der Waals surface area contributed by atoms with Crippen LogP contribution in [0.25, 0.3) is 0 Å². The fraction of sp³-hybridized carbons (Fsp3) is 0.750. The van der Waals surface area contributed by atoms with Gasteiger partial charge in [-0.15, -0.1) is 0 Å². The van der Waals surface area contributed by atoms with Crippen LogP contribution in [0.4, 0.5) is 0 Å². The van der Waals surface area contributed by atoms with Crippen molar-refractivity contribution in [3.63, 3.8) is 0 Å². The van der Waals surface area contributed by atoms with Crippen LogP contribution in [0.1, 0.15) is 6.92 Å². The number of rotatable bonds is 2. The molecule has 1 atom stereocenters. The third-order valence-corrected chi connectivity index (χ3v) is 2.00. The molecule has 48 valence electrons. The van der Waals surface area contributed by atoms with Gasteiger partial charge in [-0.1, -0.05) is 22.9 Å². The van der Waals surface area contributed by atoms with E-state index in [0.717, 1.165) is 0 Å². The second-order valence-electron chi connectivity index (χ2n) is 1.45. The van der Waals surface area contributed by atoms with Crippen molar-refractivity contribution in [2.24, 2.45) is 5.92 Å². The average molecular weight is 246 g/mol. The maximum atomic E-state index is 10.4. The molecule has 0 aliphatic heterocycles. The van der Waals surface area contributed by atoms with E-state index >= 15 is 0 Å². The zero-order valence-corrected chi connectivity index (χ0v) is 7.53. The molecule has 0 fully saturated rings. The van der Waals surface area contributed by atoms with Crippen molar-refractivity contribution in [3.05, 3.63) is 0 Å². The van der Waals surface area contributed by atoms with Crippen molar-refractivity contribution in [2.45, 2.75) is 6.92 Å². The Labute approximate surface area is 65.2 Å². The van der Waals surface area contributed by atoms with Crippen molar-refractivity contribution in [2.75, 3.05) is 5.33 Å². The van der Waals surface area contributed by atoms with E-state index in [2.05, 4.69) is 36.0 Å². The van der Waals surface area contributed by atoms with Crippen molar-refractivity contribution in [3.8, 4) is 0 Å². The highest BCUT2D eigenvalue weighted by Crippen LogP contribution is 2.03. The molecule has 0 heterocycles. The number of alkyl halides is 1. The molecule has 0 bridgehead atoms. The third kappa shape index (κ3) is 2.67. The van der Waals surface area contributed by atoms with E-state index in [9.17, 15) is 4.79 Å². The lowest BCUT2D eigenvalue weighted by molar-refractivity contribution is -0.135. The monoisotopic (exact) mass is 244 g/mol. The third-order valence-electron chi connectivity index (χ3n) is 0.710. The zero-order chi connectivity index (χ0) is 6.57. The molecule has 2 nitrogen and oxygen atoms in total. The standard InChI is InChI=1S/C4H6Br2O2/c1-3(2-5)4(7)8-6/h3H,2H2,1H3. The fourth-order valence-electron chi connectivity index (χ4n) is 0.139. The van der Waals surface area contributed by atoms with Gasteiger partial charge in [0.25, 0.3) is 0 Å². The summed E-state index contributed by atoms with van der Waals surface area (Å²) in [6, 6.07) is 0. The number of hydrogen-bond donors (Lipinski definition) is 0. The summed E-state index contributed by atoms with van der Waals surface area (Å²) in [5.41, 5.74) is 0. The Bertz CT molecular complexity index is 84.1. The van der Waals surface area contributed by atoms with E-state index in [-0.39, 0.29) is 11.9 Å². The fourth-order valence-corrected chi connectivity index (χ4v) is 0.722. The average Bonchev–Trinajstić information content (AvgIpc) is 1.84. The Morgan fingerprint density at radius 1 is 1.88 bits per heavy atom. The maximum Gasteiger partial charge on any atom is 0.320 e. The van der Waals surface area contributed by atoms with Gasteiger partial charge in [0.1, 0.15) is 0 Å². The molecular formula is C4H6Br2O2. The molecule has 0 saturated carbocycles. The first-order chi connectivity index (χ1) is 3.72. The van der Waals surface area contributed by atoms with Crippen LogP contribution in [0.5, 0.6) is 0 Å². The summed E-state index contributed by atoms with van der Waals surface area (Å²) in [5.74, 6) is -0.323. The van der Waals surface area contributed by atoms with Gasteiger partial charge in [-0.25, -0.2) is 0 Å². The van der Waals surface area contributed by atoms with Crippen LogP contribution in [0.15, 0.2) is 0 Å². The summed E-state index contributed by atoms with van der Waals surface area (Å²) in [4.78, 5) is 10.4. The molecule has 0 N–H and O–H groups in total. The minimum absolute atomic E-state index is 0.0747. The van der Waals surface area contributed by atoms with E-state index in [1.165, 1.54) is 0 Å². The molecule has 0 rings (SSSR count). The quantitative estimate of drug-likeness (QED) is 0.695. The SMILES string of the molecule is CC(CBr)C(=O)OBr. The molecule has 0 saturated heterocycles. The molecule has 0 spiro atoms. The van der Waals surface area contributed by atoms with E-state index in [4.69, 9.17) is 0 Å². The highest BCUT2D eigenvalue weighted by molar-refractivity contribution is 9.09. The van der Waals surface area contributed by atoms with Gasteiger partial charge in [-0.05, 0) is 0 Å². The zero-order valence-electron chi connectivity index (χ0n) is 4.36. The van der Waals surface area contributed by atoms with E-state index in [0.29, 0.717) is 5.33 Å². The lowest BCUT2D eigenvalue weighted by Crippen LogP contribution is -2.10. The summed E-state index contributed by atoms with van der Waals surface area (Å²) < 4.78 is 4.25. The summed E-state index contributed by atoms with van der Waals surface area (Å²) in [5, 5.41) is 0.636. The Morgan fingerprint density at radius 3 is 2.50 bits per heavy atom. The van der Waals surface area contributed by atoms with Crippen LogP contribution in [-0.2, 0) is 8.62 Å². The van der Waals surface area contributed by atoms with Crippen LogP contribution >= 0.6 is 32.2 Å². The summed E-state index contributed by atoms with van der Waals surface area (Å²) in [6.45, 7) is 1.78. The second-order valence-corrected chi connectivity index (χ2v) is 2.42. The highest BCUT2D eigenvalue weighted by Gasteiger charge is 2.10. The van der Waals surface area contributed by atoms with Crippen molar-refractivity contribution >= 4 is 38.2 Å². The smallest absolute Gasteiger partial charge is 0.320 e. The molecule has 0 aromatic rings. The molecule has 0 radical (unpaired) electrons. The molecule has 0 aliphatic carbocycles. The van der Waals surface area contributed by atoms with Gasteiger partial charge < -0.3 is 3.83 Å². The van der Waals surface area contributed by atoms with Crippen molar-refractivity contribution in [1.82, 2.24) is 0 Å². The molecule has 0 aromatic carbocycles. The van der Waals surface area contributed by atoms with E-state index in [1.807, 2.05) is 0 Å². The van der Waals surface area contributed by atoms with Gasteiger partial charge >= 0.3 is 5.97 Å². The molecule has 0 amide bonds. The highest BCUT2D eigenvalue weighted by atomic mass is 79.9. The van der Waals surface area contributed by atoms with Crippen molar-refractivity contribution < 1.29 is 8.62 Å². The maximum absolute atomic E-state index is 10.4. The first-order valence-corrected chi connectivity index (χ1v) is 3.87. The van der Waals surface area contributed by atoms with E-state index in [1.54, 1.807) is 6.92 Å². The molecular weight excluding hydrogens is 240 g/mol. The van der Waals surface area contributed by atoms with Crippen LogP contribution in [0, 0.1) is 5.92 Å². The topological polar surface area (TPSA) is 26.3 Å². The number of halogens is 2. The van der Waals surface area contributed by atoms with Gasteiger partial charge in [0.15, 0.2) is 16.3 Å². The first kappa shape index (κ1) is 8.43. The molecule has 8 heavy (non-hydrogen) atoms. The molecule has 4 heteroatoms. The van der Waals surface area contributed by atoms with Crippen LogP contribution < -0.4 is 0 Å². The molecule has 0 aromatic heterocycles. The Balaban J connectivity index is 3.46. The first-order valence-electron chi connectivity index (χ1n) is 2.10. The Hall–Kier alpha value is 0.430. The largest absolute Gasteiger partial charge is 0.383 e. The lowest BCUT2D eigenvalue weighted by Gasteiger charge is -1.99. The van der Waals surface area contributed by atoms with Gasteiger partial charge in [0.05, 0.1) is 5.92 Å². The minimum atomic E-state index is -0.248. The molecule has 0 aliphatic rings. The minimum Gasteiger partial charge on any atom is -0.383 e. The molecule has 1 unspecified atom stereocenters. The number of carbonyl (C=O) groups is 1. The summed E-state index contributed by atoms with van der Waals surface area (Å²) >= 11 is 5.72. The predicted molar refractivity (Wildman–Crippen MR) is 38.0 cm³/mol. The van der Waals surface area contributed by atoms with Gasteiger partial charge in [-0.2, -0.15) is 0 Å². The number of carbonyl (C=O) groups excluding carboxylic acids is 1. The lowest BCUT2D eigenvalue weighted by atomic mass is 10.2. The number of hydrogen-bond acceptors (Lipinski definition) is 2. The predicted octanol–water partition coefficient (Wildman–Crippen LogP) is 1.87. The normalized spacial score (nSPS) is 12.9. The van der Waals surface area contributed by atoms with Crippen LogP contribution in [-0.4, -0.2) is 11.3 Å². The van der Waals surface area contributed by atoms with Crippen LogP contribution in [0.3, 0.4) is 0 Å². The van der Waals surface area contributed by atoms with Gasteiger partial charge in [0.2, 0.25) is 0 Å². The van der Waals surface area contributed by atoms with Gasteiger partial charge in [0, 0.05) is 5.33 Å². The Kier molecular flexibility index (Phi) is 4.56. The Morgan fingerprint density at radius 2 is 2.38 bits per heavy atom. The second kappa shape index (κ2) is 4.32. The summed E-state index contributed by atoms with van der Waals surface area (Å²) in [6.07, 6.45) is 0. The van der Waals surface area contributed by atoms with Crippen LogP contribution in [0.2, 0.25) is 0 Å².